The third-order valence-electron chi connectivity index (χ3n) is 4.74. The molecule has 1 N–H and O–H groups in total. The van der Waals surface area contributed by atoms with Crippen molar-refractivity contribution in [3.05, 3.63) is 77.1 Å². The van der Waals surface area contributed by atoms with E-state index in [9.17, 15) is 4.79 Å². The van der Waals surface area contributed by atoms with Crippen LogP contribution in [-0.4, -0.2) is 40.6 Å². The molecule has 0 aliphatic heterocycles. The van der Waals surface area contributed by atoms with Crippen LogP contribution >= 0.6 is 23.4 Å². The zero-order chi connectivity index (χ0) is 23.1. The third kappa shape index (κ3) is 6.05. The third-order valence-corrected chi connectivity index (χ3v) is 6.14. The monoisotopic (exact) mass is 472 g/mol. The van der Waals surface area contributed by atoms with Gasteiger partial charge in [-0.15, -0.1) is 10.2 Å². The average molecular weight is 473 g/mol. The van der Waals surface area contributed by atoms with E-state index in [1.54, 1.807) is 32.4 Å². The molecule has 0 bridgehead atoms. The summed E-state index contributed by atoms with van der Waals surface area (Å²) in [6.45, 7) is 3.71. The molecule has 1 unspecified atom stereocenters. The van der Waals surface area contributed by atoms with E-state index in [0.29, 0.717) is 45.2 Å². The first-order valence-corrected chi connectivity index (χ1v) is 11.2. The van der Waals surface area contributed by atoms with Gasteiger partial charge in [-0.2, -0.15) is 0 Å². The number of nitrogens with zero attached hydrogens (tertiary/aromatic N) is 3. The predicted octanol–water partition coefficient (Wildman–Crippen LogP) is 4.39. The second-order valence-electron chi connectivity index (χ2n) is 7.02. The SMILES string of the molecule is C=C(Cl)CSc1nnc(C(Cc2ccccc2)NC(=O)c2cc(OC)cc(OC)c2)n1C. The first kappa shape index (κ1) is 23.7. The highest BCUT2D eigenvalue weighted by Crippen LogP contribution is 2.26. The molecule has 32 heavy (non-hydrogen) atoms. The van der Waals surface area contributed by atoms with Crippen LogP contribution in [0.5, 0.6) is 11.5 Å². The number of methoxy groups -OCH3 is 2. The van der Waals surface area contributed by atoms with E-state index in [1.165, 1.54) is 11.8 Å². The number of hydrogen-bond acceptors (Lipinski definition) is 6. The van der Waals surface area contributed by atoms with Crippen molar-refractivity contribution in [3.8, 4) is 11.5 Å². The number of amides is 1. The maximum absolute atomic E-state index is 13.2. The molecule has 9 heteroatoms. The zero-order valence-electron chi connectivity index (χ0n) is 18.2. The average Bonchev–Trinajstić information content (AvgIpc) is 3.17. The molecule has 0 radical (unpaired) electrons. The molecular formula is C23H25ClN4O3S. The van der Waals surface area contributed by atoms with Crippen LogP contribution in [0.1, 0.15) is 27.8 Å². The van der Waals surface area contributed by atoms with E-state index in [1.807, 2.05) is 41.9 Å². The van der Waals surface area contributed by atoms with E-state index in [2.05, 4.69) is 22.1 Å². The van der Waals surface area contributed by atoms with Gasteiger partial charge in [0.2, 0.25) is 0 Å². The molecule has 168 valence electrons. The largest absolute Gasteiger partial charge is 0.497 e. The fourth-order valence-corrected chi connectivity index (χ4v) is 3.97. The Bertz CT molecular complexity index is 1070. The number of rotatable bonds is 10. The number of nitrogens with one attached hydrogen (secondary N) is 1. The number of aromatic nitrogens is 3. The standard InChI is InChI=1S/C23H25ClN4O3S/c1-15(24)14-32-23-27-26-21(28(23)2)20(10-16-8-6-5-7-9-16)25-22(29)17-11-18(30-3)13-19(12-17)31-4/h5-9,11-13,20H,1,10,14H2,2-4H3,(H,25,29). The lowest BCUT2D eigenvalue weighted by Gasteiger charge is -2.19. The minimum Gasteiger partial charge on any atom is -0.497 e. The maximum Gasteiger partial charge on any atom is 0.252 e. The van der Waals surface area contributed by atoms with Gasteiger partial charge >= 0.3 is 0 Å². The highest BCUT2D eigenvalue weighted by molar-refractivity contribution is 7.99. The normalized spacial score (nSPS) is 11.6. The van der Waals surface area contributed by atoms with Gasteiger partial charge in [0, 0.05) is 29.5 Å². The van der Waals surface area contributed by atoms with Crippen LogP contribution in [0.2, 0.25) is 0 Å². The summed E-state index contributed by atoms with van der Waals surface area (Å²) in [5.74, 6) is 1.96. The number of ether oxygens (including phenoxy) is 2. The molecule has 3 rings (SSSR count). The summed E-state index contributed by atoms with van der Waals surface area (Å²) in [7, 11) is 4.96. The van der Waals surface area contributed by atoms with Gasteiger partial charge in [-0.1, -0.05) is 60.3 Å². The van der Waals surface area contributed by atoms with E-state index in [0.717, 1.165) is 5.56 Å². The molecule has 7 nitrogen and oxygen atoms in total. The number of halogens is 1. The van der Waals surface area contributed by atoms with Gasteiger partial charge in [0.15, 0.2) is 11.0 Å². The van der Waals surface area contributed by atoms with E-state index in [-0.39, 0.29) is 5.91 Å². The van der Waals surface area contributed by atoms with E-state index < -0.39 is 6.04 Å². The number of benzene rings is 2. The van der Waals surface area contributed by atoms with Crippen LogP contribution in [-0.2, 0) is 13.5 Å². The quantitative estimate of drug-likeness (QED) is 0.441. The first-order chi connectivity index (χ1) is 15.4. The van der Waals surface area contributed by atoms with Crippen LogP contribution < -0.4 is 14.8 Å². The van der Waals surface area contributed by atoms with Gasteiger partial charge in [-0.3, -0.25) is 4.79 Å². The van der Waals surface area contributed by atoms with Crippen molar-refractivity contribution >= 4 is 29.3 Å². The molecule has 0 spiro atoms. The number of hydrogen-bond donors (Lipinski definition) is 1. The van der Waals surface area contributed by atoms with Gasteiger partial charge in [0.1, 0.15) is 11.5 Å². The van der Waals surface area contributed by atoms with Crippen LogP contribution in [0.3, 0.4) is 0 Å². The molecule has 1 heterocycles. The van der Waals surface area contributed by atoms with Crippen molar-refractivity contribution < 1.29 is 14.3 Å². The van der Waals surface area contributed by atoms with Gasteiger partial charge in [0.25, 0.3) is 5.91 Å². The van der Waals surface area contributed by atoms with E-state index >= 15 is 0 Å². The van der Waals surface area contributed by atoms with Crippen LogP contribution in [0.25, 0.3) is 0 Å². The summed E-state index contributed by atoms with van der Waals surface area (Å²) < 4.78 is 12.5. The topological polar surface area (TPSA) is 78.3 Å². The van der Waals surface area contributed by atoms with Crippen LogP contribution in [0, 0.1) is 0 Å². The Balaban J connectivity index is 1.90. The van der Waals surface area contributed by atoms with Gasteiger partial charge in [0.05, 0.1) is 20.3 Å². The fourth-order valence-electron chi connectivity index (χ4n) is 3.13. The molecule has 3 aromatic rings. The van der Waals surface area contributed by atoms with Crippen molar-refractivity contribution in [1.29, 1.82) is 0 Å². The Kier molecular flexibility index (Phi) is 8.19. The smallest absolute Gasteiger partial charge is 0.252 e. The highest BCUT2D eigenvalue weighted by Gasteiger charge is 2.23. The Labute approximate surface area is 196 Å². The summed E-state index contributed by atoms with van der Waals surface area (Å²) in [4.78, 5) is 13.2. The first-order valence-electron chi connectivity index (χ1n) is 9.84. The van der Waals surface area contributed by atoms with Crippen LogP contribution in [0.4, 0.5) is 0 Å². The Hall–Kier alpha value is -2.97. The van der Waals surface area contributed by atoms with Crippen molar-refractivity contribution in [2.45, 2.75) is 17.6 Å². The molecule has 0 fully saturated rings. The van der Waals surface area contributed by atoms with Crippen LogP contribution in [0.15, 0.2) is 65.3 Å². The second kappa shape index (κ2) is 11.1. The number of thioether (sulfide) groups is 1. The molecular weight excluding hydrogens is 448 g/mol. The summed E-state index contributed by atoms with van der Waals surface area (Å²) in [5, 5.41) is 12.9. The van der Waals surface area contributed by atoms with Crippen molar-refractivity contribution in [3.63, 3.8) is 0 Å². The summed E-state index contributed by atoms with van der Waals surface area (Å²) in [6, 6.07) is 14.5. The number of carbonyl (C=O) groups excluding carboxylic acids is 1. The minimum absolute atomic E-state index is 0.269. The fraction of sp³-hybridized carbons (Fsp3) is 0.261. The maximum atomic E-state index is 13.2. The van der Waals surface area contributed by atoms with Gasteiger partial charge in [-0.05, 0) is 24.1 Å². The lowest BCUT2D eigenvalue weighted by Crippen LogP contribution is -2.32. The summed E-state index contributed by atoms with van der Waals surface area (Å²) in [5.41, 5.74) is 1.49. The zero-order valence-corrected chi connectivity index (χ0v) is 19.7. The molecule has 0 aliphatic rings. The van der Waals surface area contributed by atoms with Gasteiger partial charge in [-0.25, -0.2) is 0 Å². The molecule has 2 aromatic carbocycles. The van der Waals surface area contributed by atoms with E-state index in [4.69, 9.17) is 21.1 Å². The van der Waals surface area contributed by atoms with Crippen molar-refractivity contribution in [1.82, 2.24) is 20.1 Å². The molecule has 0 saturated heterocycles. The lowest BCUT2D eigenvalue weighted by molar-refractivity contribution is 0.0933. The highest BCUT2D eigenvalue weighted by atomic mass is 35.5. The Morgan fingerprint density at radius 1 is 1.16 bits per heavy atom. The lowest BCUT2D eigenvalue weighted by atomic mass is 10.0. The van der Waals surface area contributed by atoms with Gasteiger partial charge < -0.3 is 19.4 Å². The van der Waals surface area contributed by atoms with Crippen molar-refractivity contribution in [2.75, 3.05) is 20.0 Å². The summed E-state index contributed by atoms with van der Waals surface area (Å²) in [6.07, 6.45) is 0.548. The molecule has 0 saturated carbocycles. The Morgan fingerprint density at radius 3 is 2.41 bits per heavy atom. The Morgan fingerprint density at radius 2 is 1.81 bits per heavy atom. The molecule has 0 aliphatic carbocycles. The summed E-state index contributed by atoms with van der Waals surface area (Å²) >= 11 is 7.33. The minimum atomic E-state index is -0.409. The number of carbonyl (C=O) groups is 1. The molecule has 1 atom stereocenters. The van der Waals surface area contributed by atoms with Crippen molar-refractivity contribution in [2.24, 2.45) is 7.05 Å². The molecule has 1 amide bonds. The predicted molar refractivity (Wildman–Crippen MR) is 127 cm³/mol. The second-order valence-corrected chi connectivity index (χ2v) is 8.50. The molecule has 1 aromatic heterocycles.